The minimum Gasteiger partial charge on any atom is -0.496 e. The van der Waals surface area contributed by atoms with Crippen LogP contribution >= 0.6 is 0 Å². The monoisotopic (exact) mass is 226 g/mol. The smallest absolute Gasteiger partial charge is 0.313 e. The van der Waals surface area contributed by atoms with Crippen LogP contribution in [0.15, 0.2) is 18.2 Å². The van der Waals surface area contributed by atoms with E-state index < -0.39 is 24.0 Å². The number of benzene rings is 1. The number of carbonyl (C=O) groups excluding carboxylic acids is 2. The van der Waals surface area contributed by atoms with Crippen LogP contribution in [0.2, 0.25) is 0 Å². The Morgan fingerprint density at radius 1 is 1.31 bits per heavy atom. The Balaban J connectivity index is 2.94. The van der Waals surface area contributed by atoms with E-state index in [0.29, 0.717) is 0 Å². The molecule has 0 unspecified atom stereocenters. The number of esters is 1. The maximum atomic E-state index is 12.8. The molecule has 0 bridgehead atoms. The number of carbonyl (C=O) groups is 2. The zero-order valence-corrected chi connectivity index (χ0v) is 8.95. The Bertz CT molecular complexity index is 414. The van der Waals surface area contributed by atoms with E-state index in [4.69, 9.17) is 4.74 Å². The third-order valence-electron chi connectivity index (χ3n) is 2.00. The Morgan fingerprint density at radius 3 is 2.56 bits per heavy atom. The van der Waals surface area contributed by atoms with Crippen molar-refractivity contribution in [2.45, 2.75) is 6.42 Å². The van der Waals surface area contributed by atoms with Crippen molar-refractivity contribution < 1.29 is 23.5 Å². The summed E-state index contributed by atoms with van der Waals surface area (Å²) in [7, 11) is 2.52. The predicted octanol–water partition coefficient (Wildman–Crippen LogP) is 1.58. The Hall–Kier alpha value is -1.91. The zero-order chi connectivity index (χ0) is 12.1. The maximum absolute atomic E-state index is 12.8. The predicted molar refractivity (Wildman–Crippen MR) is 53.9 cm³/mol. The molecule has 0 N–H and O–H groups in total. The molecule has 0 aliphatic carbocycles. The standard InChI is InChI=1S/C11H11FO4/c1-15-10-5-7(12)3-4-8(10)9(13)6-11(14)16-2/h3-5H,6H2,1-2H3. The van der Waals surface area contributed by atoms with Gasteiger partial charge in [0.15, 0.2) is 5.78 Å². The number of ether oxygens (including phenoxy) is 2. The highest BCUT2D eigenvalue weighted by Crippen LogP contribution is 2.21. The van der Waals surface area contributed by atoms with Gasteiger partial charge in [-0.25, -0.2) is 4.39 Å². The minimum atomic E-state index is -0.642. The second-order valence-electron chi connectivity index (χ2n) is 3.02. The van der Waals surface area contributed by atoms with Crippen molar-refractivity contribution in [3.63, 3.8) is 0 Å². The lowest BCUT2D eigenvalue weighted by molar-refractivity contribution is -0.139. The van der Waals surface area contributed by atoms with E-state index >= 15 is 0 Å². The minimum absolute atomic E-state index is 0.105. The van der Waals surface area contributed by atoms with Crippen LogP contribution in [0.4, 0.5) is 4.39 Å². The van der Waals surface area contributed by atoms with E-state index in [1.54, 1.807) is 0 Å². The number of rotatable bonds is 4. The van der Waals surface area contributed by atoms with Crippen molar-refractivity contribution in [2.75, 3.05) is 14.2 Å². The van der Waals surface area contributed by atoms with Gasteiger partial charge < -0.3 is 9.47 Å². The summed E-state index contributed by atoms with van der Waals surface area (Å²) in [5.74, 6) is -1.51. The van der Waals surface area contributed by atoms with E-state index in [-0.39, 0.29) is 11.3 Å². The Kier molecular flexibility index (Phi) is 3.99. The first-order valence-electron chi connectivity index (χ1n) is 4.52. The molecule has 0 aliphatic rings. The van der Waals surface area contributed by atoms with E-state index in [1.165, 1.54) is 20.3 Å². The van der Waals surface area contributed by atoms with Crippen molar-refractivity contribution >= 4 is 11.8 Å². The SMILES string of the molecule is COC(=O)CC(=O)c1ccc(F)cc1OC. The molecule has 0 atom stereocenters. The molecule has 1 rings (SSSR count). The molecule has 86 valence electrons. The van der Waals surface area contributed by atoms with Gasteiger partial charge in [0.25, 0.3) is 0 Å². The highest BCUT2D eigenvalue weighted by molar-refractivity contribution is 6.07. The number of ketones is 1. The van der Waals surface area contributed by atoms with Crippen LogP contribution in [0.3, 0.4) is 0 Å². The summed E-state index contributed by atoms with van der Waals surface area (Å²) in [6.07, 6.45) is -0.390. The average molecular weight is 226 g/mol. The lowest BCUT2D eigenvalue weighted by atomic mass is 10.1. The first kappa shape index (κ1) is 12.2. The van der Waals surface area contributed by atoms with Crippen LogP contribution in [0.1, 0.15) is 16.8 Å². The van der Waals surface area contributed by atoms with Crippen molar-refractivity contribution in [1.29, 1.82) is 0 Å². The molecule has 0 heterocycles. The number of Topliss-reactive ketones (excluding diaryl/α,β-unsaturated/α-hetero) is 1. The van der Waals surface area contributed by atoms with Crippen LogP contribution in [0, 0.1) is 5.82 Å². The molecule has 4 nitrogen and oxygen atoms in total. The fourth-order valence-electron chi connectivity index (χ4n) is 1.19. The summed E-state index contributed by atoms with van der Waals surface area (Å²) in [6.45, 7) is 0. The largest absolute Gasteiger partial charge is 0.496 e. The van der Waals surface area contributed by atoms with Gasteiger partial charge in [-0.2, -0.15) is 0 Å². The highest BCUT2D eigenvalue weighted by Gasteiger charge is 2.16. The molecule has 0 fully saturated rings. The Morgan fingerprint density at radius 2 is 2.00 bits per heavy atom. The fourth-order valence-corrected chi connectivity index (χ4v) is 1.19. The third-order valence-corrected chi connectivity index (χ3v) is 2.00. The fraction of sp³-hybridized carbons (Fsp3) is 0.273. The molecule has 0 aromatic heterocycles. The van der Waals surface area contributed by atoms with Gasteiger partial charge in [0.1, 0.15) is 18.0 Å². The van der Waals surface area contributed by atoms with Gasteiger partial charge in [0.2, 0.25) is 0 Å². The quantitative estimate of drug-likeness (QED) is 0.444. The van der Waals surface area contributed by atoms with Crippen LogP contribution < -0.4 is 4.74 Å². The average Bonchev–Trinajstić information content (AvgIpc) is 2.28. The molecule has 0 amide bonds. The summed E-state index contributed by atoms with van der Waals surface area (Å²) in [5.41, 5.74) is 0.161. The summed E-state index contributed by atoms with van der Waals surface area (Å²) >= 11 is 0. The number of hydrogen-bond acceptors (Lipinski definition) is 4. The molecule has 0 spiro atoms. The van der Waals surface area contributed by atoms with Crippen molar-refractivity contribution in [3.05, 3.63) is 29.6 Å². The summed E-state index contributed by atoms with van der Waals surface area (Å²) in [6, 6.07) is 3.50. The molecule has 0 saturated heterocycles. The maximum Gasteiger partial charge on any atom is 0.313 e. The van der Waals surface area contributed by atoms with Gasteiger partial charge in [-0.15, -0.1) is 0 Å². The van der Waals surface area contributed by atoms with Crippen molar-refractivity contribution in [3.8, 4) is 5.75 Å². The van der Waals surface area contributed by atoms with Crippen LogP contribution in [0.5, 0.6) is 5.75 Å². The van der Waals surface area contributed by atoms with Gasteiger partial charge in [-0.05, 0) is 12.1 Å². The van der Waals surface area contributed by atoms with Gasteiger partial charge in [0.05, 0.1) is 19.8 Å². The molecule has 5 heteroatoms. The molecule has 1 aromatic carbocycles. The number of halogens is 1. The number of hydrogen-bond donors (Lipinski definition) is 0. The first-order valence-corrected chi connectivity index (χ1v) is 4.52. The van der Waals surface area contributed by atoms with E-state index in [0.717, 1.165) is 12.1 Å². The Labute approximate surface area is 92.0 Å². The van der Waals surface area contributed by atoms with Gasteiger partial charge in [-0.1, -0.05) is 0 Å². The molecule has 1 aromatic rings. The highest BCUT2D eigenvalue weighted by atomic mass is 19.1. The van der Waals surface area contributed by atoms with Gasteiger partial charge in [-0.3, -0.25) is 9.59 Å². The lowest BCUT2D eigenvalue weighted by Crippen LogP contribution is -2.10. The zero-order valence-electron chi connectivity index (χ0n) is 8.95. The summed E-state index contributed by atoms with van der Waals surface area (Å²) in [4.78, 5) is 22.5. The second kappa shape index (κ2) is 5.25. The van der Waals surface area contributed by atoms with Crippen molar-refractivity contribution in [2.24, 2.45) is 0 Å². The van der Waals surface area contributed by atoms with Gasteiger partial charge in [0, 0.05) is 6.07 Å². The van der Waals surface area contributed by atoms with Crippen LogP contribution in [0.25, 0.3) is 0 Å². The topological polar surface area (TPSA) is 52.6 Å². The third kappa shape index (κ3) is 2.79. The van der Waals surface area contributed by atoms with Crippen molar-refractivity contribution in [1.82, 2.24) is 0 Å². The molecular formula is C11H11FO4. The first-order chi connectivity index (χ1) is 7.58. The molecule has 0 aliphatic heterocycles. The second-order valence-corrected chi connectivity index (χ2v) is 3.02. The van der Waals surface area contributed by atoms with E-state index in [1.807, 2.05) is 0 Å². The van der Waals surface area contributed by atoms with Crippen LogP contribution in [-0.2, 0) is 9.53 Å². The lowest BCUT2D eigenvalue weighted by Gasteiger charge is -2.06. The molecule has 0 radical (unpaired) electrons. The summed E-state index contributed by atoms with van der Waals surface area (Å²) < 4.78 is 22.1. The van der Waals surface area contributed by atoms with E-state index in [2.05, 4.69) is 4.74 Å². The van der Waals surface area contributed by atoms with Gasteiger partial charge >= 0.3 is 5.97 Å². The normalized spacial score (nSPS) is 9.69. The molecule has 16 heavy (non-hydrogen) atoms. The molecule has 0 saturated carbocycles. The summed E-state index contributed by atoms with van der Waals surface area (Å²) in [5, 5.41) is 0. The molecular weight excluding hydrogens is 215 g/mol. The van der Waals surface area contributed by atoms with E-state index in [9.17, 15) is 14.0 Å². The van der Waals surface area contributed by atoms with Crippen LogP contribution in [-0.4, -0.2) is 26.0 Å². The number of methoxy groups -OCH3 is 2.